The van der Waals surface area contributed by atoms with Crippen molar-refractivity contribution in [3.63, 3.8) is 0 Å². The summed E-state index contributed by atoms with van der Waals surface area (Å²) in [5, 5.41) is 19.5. The molecule has 0 aromatic carbocycles. The van der Waals surface area contributed by atoms with E-state index >= 15 is 0 Å². The van der Waals surface area contributed by atoms with Gasteiger partial charge in [0.15, 0.2) is 0 Å². The zero-order chi connectivity index (χ0) is 19.2. The van der Waals surface area contributed by atoms with Crippen LogP contribution >= 0.6 is 11.3 Å². The number of hydrogen-bond acceptors (Lipinski definition) is 7. The van der Waals surface area contributed by atoms with E-state index in [2.05, 4.69) is 26.3 Å². The molecule has 3 heterocycles. The number of nitrogens with one attached hydrogen (secondary N) is 1. The highest BCUT2D eigenvalue weighted by molar-refractivity contribution is 7.19. The molecule has 0 spiro atoms. The molecule has 0 amide bonds. The Labute approximate surface area is 158 Å². The number of aryl methyl sites for hydroxylation is 2. The molecule has 140 valence electrons. The maximum atomic E-state index is 9.10. The maximum absolute atomic E-state index is 9.10. The minimum Gasteiger partial charge on any atom is -0.473 e. The monoisotopic (exact) mass is 386 g/mol. The fraction of sp³-hybridized carbons (Fsp3) is 0.278. The normalized spacial score (nSPS) is 12.6. The number of nitrogens with zero attached hydrogens (tertiary/aromatic N) is 3. The summed E-state index contributed by atoms with van der Waals surface area (Å²) in [7, 11) is 0. The fourth-order valence-electron chi connectivity index (χ4n) is 2.91. The Balaban J connectivity index is 0.000000307. The second-order valence-corrected chi connectivity index (χ2v) is 7.02. The number of hydrogen-bond donors (Lipinski definition) is 3. The van der Waals surface area contributed by atoms with Crippen LogP contribution < -0.4 is 5.32 Å². The van der Waals surface area contributed by atoms with Gasteiger partial charge in [0.1, 0.15) is 17.0 Å². The summed E-state index contributed by atoms with van der Waals surface area (Å²) >= 11 is 1.83. The average molecular weight is 386 g/mol. The van der Waals surface area contributed by atoms with E-state index < -0.39 is 11.9 Å². The molecular weight excluding hydrogens is 368 g/mol. The molecule has 0 atom stereocenters. The molecule has 1 aliphatic rings. The van der Waals surface area contributed by atoms with Gasteiger partial charge in [-0.05, 0) is 42.9 Å². The SMILES string of the molecule is O=C(O)C(=O)O.c1cncc(CNc2ncnc3sc4c(c23)CCCC4)c1. The summed E-state index contributed by atoms with van der Waals surface area (Å²) in [6.45, 7) is 0.741. The predicted octanol–water partition coefficient (Wildman–Crippen LogP) is 2.73. The Bertz CT molecular complexity index is 947. The van der Waals surface area contributed by atoms with Crippen LogP contribution in [-0.4, -0.2) is 37.1 Å². The first-order valence-electron chi connectivity index (χ1n) is 8.40. The summed E-state index contributed by atoms with van der Waals surface area (Å²) in [5.74, 6) is -2.69. The van der Waals surface area contributed by atoms with Crippen molar-refractivity contribution in [2.75, 3.05) is 5.32 Å². The molecule has 3 N–H and O–H groups in total. The quantitative estimate of drug-likeness (QED) is 0.587. The van der Waals surface area contributed by atoms with Crippen molar-refractivity contribution in [3.8, 4) is 0 Å². The van der Waals surface area contributed by atoms with Crippen LogP contribution in [0.3, 0.4) is 0 Å². The number of carboxylic acids is 2. The smallest absolute Gasteiger partial charge is 0.414 e. The molecule has 0 fully saturated rings. The number of carboxylic acid groups (broad SMARTS) is 2. The minimum atomic E-state index is -1.82. The van der Waals surface area contributed by atoms with Gasteiger partial charge in [-0.15, -0.1) is 11.3 Å². The maximum Gasteiger partial charge on any atom is 0.414 e. The third kappa shape index (κ3) is 4.56. The first-order chi connectivity index (χ1) is 13.1. The van der Waals surface area contributed by atoms with Gasteiger partial charge in [-0.1, -0.05) is 6.07 Å². The Morgan fingerprint density at radius 3 is 2.63 bits per heavy atom. The van der Waals surface area contributed by atoms with Crippen LogP contribution in [0.15, 0.2) is 30.9 Å². The lowest BCUT2D eigenvalue weighted by Crippen LogP contribution is -2.09. The number of fused-ring (bicyclic) bond motifs is 3. The summed E-state index contributed by atoms with van der Waals surface area (Å²) in [6.07, 6.45) is 10.3. The summed E-state index contributed by atoms with van der Waals surface area (Å²) < 4.78 is 0. The molecule has 3 aromatic rings. The Morgan fingerprint density at radius 2 is 1.93 bits per heavy atom. The second-order valence-electron chi connectivity index (χ2n) is 5.94. The van der Waals surface area contributed by atoms with Crippen LogP contribution in [0.5, 0.6) is 0 Å². The fourth-order valence-corrected chi connectivity index (χ4v) is 4.14. The van der Waals surface area contributed by atoms with E-state index in [9.17, 15) is 0 Å². The molecule has 3 aromatic heterocycles. The van der Waals surface area contributed by atoms with Crippen molar-refractivity contribution < 1.29 is 19.8 Å². The molecule has 8 nitrogen and oxygen atoms in total. The molecule has 0 bridgehead atoms. The van der Waals surface area contributed by atoms with Crippen LogP contribution in [0.25, 0.3) is 10.2 Å². The van der Waals surface area contributed by atoms with Crippen molar-refractivity contribution in [1.82, 2.24) is 15.0 Å². The van der Waals surface area contributed by atoms with E-state index in [0.29, 0.717) is 0 Å². The molecule has 0 unspecified atom stereocenters. The Morgan fingerprint density at radius 1 is 1.15 bits per heavy atom. The molecule has 4 rings (SSSR count). The molecule has 0 aliphatic heterocycles. The van der Waals surface area contributed by atoms with Crippen molar-refractivity contribution in [2.45, 2.75) is 32.2 Å². The van der Waals surface area contributed by atoms with Gasteiger partial charge in [0.2, 0.25) is 0 Å². The van der Waals surface area contributed by atoms with Crippen LogP contribution in [0, 0.1) is 0 Å². The predicted molar refractivity (Wildman–Crippen MR) is 101 cm³/mol. The molecule has 27 heavy (non-hydrogen) atoms. The van der Waals surface area contributed by atoms with Crippen molar-refractivity contribution in [1.29, 1.82) is 0 Å². The molecular formula is C18H18N4O4S. The molecule has 9 heteroatoms. The summed E-state index contributed by atoms with van der Waals surface area (Å²) in [6, 6.07) is 4.03. The highest BCUT2D eigenvalue weighted by Crippen LogP contribution is 2.38. The zero-order valence-corrected chi connectivity index (χ0v) is 15.2. The highest BCUT2D eigenvalue weighted by Gasteiger charge is 2.19. The van der Waals surface area contributed by atoms with Crippen molar-refractivity contribution in [3.05, 3.63) is 46.9 Å². The van der Waals surface area contributed by atoms with Gasteiger partial charge >= 0.3 is 11.9 Å². The topological polar surface area (TPSA) is 125 Å². The Kier molecular flexibility index (Phi) is 5.92. The number of aromatic nitrogens is 3. The number of rotatable bonds is 3. The van der Waals surface area contributed by atoms with E-state index in [1.807, 2.05) is 23.6 Å². The van der Waals surface area contributed by atoms with E-state index in [-0.39, 0.29) is 0 Å². The summed E-state index contributed by atoms with van der Waals surface area (Å²) in [5.41, 5.74) is 2.63. The van der Waals surface area contributed by atoms with Crippen LogP contribution in [0.2, 0.25) is 0 Å². The Hall–Kier alpha value is -3.07. The molecule has 1 aliphatic carbocycles. The van der Waals surface area contributed by atoms with Gasteiger partial charge in [-0.25, -0.2) is 19.6 Å². The van der Waals surface area contributed by atoms with Gasteiger partial charge in [-0.3, -0.25) is 4.98 Å². The van der Waals surface area contributed by atoms with E-state index in [1.54, 1.807) is 12.5 Å². The van der Waals surface area contributed by atoms with E-state index in [1.165, 1.54) is 35.1 Å². The largest absolute Gasteiger partial charge is 0.473 e. The third-order valence-corrected chi connectivity index (χ3v) is 5.32. The third-order valence-electron chi connectivity index (χ3n) is 4.12. The number of carbonyl (C=O) groups is 2. The number of thiophene rings is 1. The first kappa shape index (κ1) is 18.7. The van der Waals surface area contributed by atoms with E-state index in [4.69, 9.17) is 19.8 Å². The van der Waals surface area contributed by atoms with Gasteiger partial charge < -0.3 is 15.5 Å². The summed E-state index contributed by atoms with van der Waals surface area (Å²) in [4.78, 5) is 33.9. The lowest BCUT2D eigenvalue weighted by atomic mass is 9.97. The lowest BCUT2D eigenvalue weighted by molar-refractivity contribution is -0.159. The van der Waals surface area contributed by atoms with Crippen molar-refractivity contribution >= 4 is 39.3 Å². The van der Waals surface area contributed by atoms with Crippen LogP contribution in [0.1, 0.15) is 28.8 Å². The molecule has 0 radical (unpaired) electrons. The van der Waals surface area contributed by atoms with E-state index in [0.717, 1.165) is 29.2 Å². The standard InChI is InChI=1S/C16H16N4S.C2H2O4/c1-2-6-13-12(5-1)14-15(19-10-20-16(14)21-13)18-9-11-4-3-7-17-8-11;3-1(4)2(5)6/h3-4,7-8,10H,1-2,5-6,9H2,(H,18,19,20);(H,3,4)(H,5,6). The van der Waals surface area contributed by atoms with Crippen LogP contribution in [-0.2, 0) is 29.0 Å². The lowest BCUT2D eigenvalue weighted by Gasteiger charge is -2.12. The number of pyridine rings is 1. The average Bonchev–Trinajstić information content (AvgIpc) is 3.07. The second kappa shape index (κ2) is 8.54. The van der Waals surface area contributed by atoms with Gasteiger partial charge in [0.25, 0.3) is 0 Å². The molecule has 0 saturated heterocycles. The van der Waals surface area contributed by atoms with Gasteiger partial charge in [-0.2, -0.15) is 0 Å². The van der Waals surface area contributed by atoms with Crippen LogP contribution in [0.4, 0.5) is 5.82 Å². The zero-order valence-electron chi connectivity index (χ0n) is 14.4. The highest BCUT2D eigenvalue weighted by atomic mass is 32.1. The van der Waals surface area contributed by atoms with Gasteiger partial charge in [0, 0.05) is 23.8 Å². The number of aliphatic carboxylic acids is 2. The van der Waals surface area contributed by atoms with Crippen molar-refractivity contribution in [2.24, 2.45) is 0 Å². The first-order valence-corrected chi connectivity index (χ1v) is 9.22. The number of anilines is 1. The minimum absolute atomic E-state index is 0.741. The molecule has 0 saturated carbocycles. The van der Waals surface area contributed by atoms with Gasteiger partial charge in [0.05, 0.1) is 5.39 Å².